The van der Waals surface area contributed by atoms with Gasteiger partial charge in [-0.2, -0.15) is 0 Å². The van der Waals surface area contributed by atoms with Gasteiger partial charge >= 0.3 is 0 Å². The molecule has 1 saturated heterocycles. The zero-order valence-electron chi connectivity index (χ0n) is 16.3. The van der Waals surface area contributed by atoms with E-state index in [0.29, 0.717) is 59.3 Å². The number of halogens is 1. The molecule has 4 rings (SSSR count). The first-order valence-electron chi connectivity index (χ1n) is 9.36. The summed E-state index contributed by atoms with van der Waals surface area (Å²) >= 11 is 6.30. The molecule has 7 nitrogen and oxygen atoms in total. The summed E-state index contributed by atoms with van der Waals surface area (Å²) in [6.45, 7) is 0.983. The fraction of sp³-hybridized carbons (Fsp3) is 0.333. The number of likely N-dealkylation sites (tertiary alicyclic amines) is 1. The van der Waals surface area contributed by atoms with Crippen LogP contribution in [-0.4, -0.2) is 49.7 Å². The van der Waals surface area contributed by atoms with E-state index in [1.54, 1.807) is 55.5 Å². The van der Waals surface area contributed by atoms with Gasteiger partial charge in [-0.1, -0.05) is 17.7 Å². The van der Waals surface area contributed by atoms with E-state index in [0.717, 1.165) is 0 Å². The van der Waals surface area contributed by atoms with Crippen LogP contribution in [0.25, 0.3) is 0 Å². The lowest BCUT2D eigenvalue weighted by molar-refractivity contribution is 0.0639. The molecule has 2 aromatic rings. The number of nitrogens with zero attached hydrogens (tertiary/aromatic N) is 1. The van der Waals surface area contributed by atoms with Gasteiger partial charge in [0, 0.05) is 37.6 Å². The van der Waals surface area contributed by atoms with Crippen LogP contribution < -0.4 is 20.1 Å². The summed E-state index contributed by atoms with van der Waals surface area (Å²) in [6.07, 6.45) is 1.13. The lowest BCUT2D eigenvalue weighted by Crippen LogP contribution is -2.62. The molecule has 0 radical (unpaired) electrons. The van der Waals surface area contributed by atoms with Gasteiger partial charge in [0.05, 0.1) is 30.5 Å². The number of benzene rings is 2. The number of rotatable bonds is 3. The summed E-state index contributed by atoms with van der Waals surface area (Å²) in [5.74, 6) is 0.874. The summed E-state index contributed by atoms with van der Waals surface area (Å²) in [4.78, 5) is 27.4. The summed E-state index contributed by atoms with van der Waals surface area (Å²) in [6, 6.07) is 10.4. The summed E-state index contributed by atoms with van der Waals surface area (Å²) < 4.78 is 10.5. The molecule has 0 saturated carbocycles. The Hall–Kier alpha value is -2.93. The molecule has 0 aromatic heterocycles. The average Bonchev–Trinajstić information content (AvgIpc) is 2.74. The summed E-state index contributed by atoms with van der Waals surface area (Å²) in [7, 11) is 3.10. The van der Waals surface area contributed by atoms with Crippen LogP contribution in [0.15, 0.2) is 36.4 Å². The number of anilines is 1. The maximum atomic E-state index is 13.0. The normalized spacial score (nSPS) is 17.2. The molecule has 2 heterocycles. The Morgan fingerprint density at radius 2 is 1.72 bits per heavy atom. The maximum absolute atomic E-state index is 13.0. The Kier molecular flexibility index (Phi) is 5.00. The van der Waals surface area contributed by atoms with Gasteiger partial charge in [-0.3, -0.25) is 9.59 Å². The highest BCUT2D eigenvalue weighted by Gasteiger charge is 2.41. The molecule has 0 bridgehead atoms. The van der Waals surface area contributed by atoms with E-state index >= 15 is 0 Å². The number of methoxy groups -OCH3 is 2. The number of carbonyl (C=O) groups excluding carboxylic acids is 2. The zero-order valence-corrected chi connectivity index (χ0v) is 17.0. The number of fused-ring (bicyclic) bond motifs is 1. The smallest absolute Gasteiger partial charge is 0.255 e. The van der Waals surface area contributed by atoms with Gasteiger partial charge in [-0.05, 0) is 24.3 Å². The third-order valence-corrected chi connectivity index (χ3v) is 5.79. The van der Waals surface area contributed by atoms with Crippen LogP contribution >= 0.6 is 11.6 Å². The lowest BCUT2D eigenvalue weighted by Gasteiger charge is -2.46. The molecule has 2 aliphatic rings. The van der Waals surface area contributed by atoms with Crippen LogP contribution in [0.2, 0.25) is 5.02 Å². The van der Waals surface area contributed by atoms with Crippen LogP contribution in [0.3, 0.4) is 0 Å². The number of nitrogens with one attached hydrogen (secondary N) is 2. The second-order valence-electron chi connectivity index (χ2n) is 7.22. The number of hydrogen-bond acceptors (Lipinski definition) is 5. The van der Waals surface area contributed by atoms with Crippen LogP contribution in [0.4, 0.5) is 5.69 Å². The van der Waals surface area contributed by atoms with Crippen LogP contribution in [0.5, 0.6) is 11.5 Å². The van der Waals surface area contributed by atoms with Crippen molar-refractivity contribution in [1.82, 2.24) is 10.2 Å². The van der Waals surface area contributed by atoms with Crippen molar-refractivity contribution in [1.29, 1.82) is 0 Å². The minimum Gasteiger partial charge on any atom is -0.497 e. The van der Waals surface area contributed by atoms with Crippen molar-refractivity contribution in [2.75, 3.05) is 32.6 Å². The van der Waals surface area contributed by atoms with Crippen LogP contribution in [0, 0.1) is 0 Å². The molecule has 0 aliphatic carbocycles. The number of hydrogen-bond donors (Lipinski definition) is 2. The molecule has 2 aromatic carbocycles. The SMILES string of the molecule is COc1cc(OC)cc(C(=O)N2CCC3(CC2)NC(=O)c2cccc(Cl)c2N3)c1. The third-order valence-electron chi connectivity index (χ3n) is 5.48. The van der Waals surface area contributed by atoms with E-state index in [9.17, 15) is 9.59 Å². The number of carbonyl (C=O) groups is 2. The van der Waals surface area contributed by atoms with Gasteiger partial charge in [0.2, 0.25) is 0 Å². The molecule has 8 heteroatoms. The van der Waals surface area contributed by atoms with Gasteiger partial charge in [-0.25, -0.2) is 0 Å². The molecular weight excluding hydrogens is 394 g/mol. The highest BCUT2D eigenvalue weighted by Crippen LogP contribution is 2.36. The molecule has 2 amide bonds. The van der Waals surface area contributed by atoms with Crippen molar-refractivity contribution in [2.24, 2.45) is 0 Å². The molecule has 1 spiro atoms. The largest absolute Gasteiger partial charge is 0.497 e. The van der Waals surface area contributed by atoms with Crippen molar-refractivity contribution in [3.63, 3.8) is 0 Å². The summed E-state index contributed by atoms with van der Waals surface area (Å²) in [5.41, 5.74) is 1.07. The van der Waals surface area contributed by atoms with Crippen molar-refractivity contribution in [3.8, 4) is 11.5 Å². The number of amides is 2. The van der Waals surface area contributed by atoms with E-state index in [2.05, 4.69) is 10.6 Å². The monoisotopic (exact) mass is 415 g/mol. The zero-order chi connectivity index (χ0) is 20.6. The van der Waals surface area contributed by atoms with Gasteiger partial charge < -0.3 is 25.0 Å². The third kappa shape index (κ3) is 3.58. The molecule has 2 aliphatic heterocycles. The van der Waals surface area contributed by atoms with Crippen molar-refractivity contribution in [3.05, 3.63) is 52.5 Å². The molecular formula is C21H22ClN3O4. The van der Waals surface area contributed by atoms with Crippen molar-refractivity contribution in [2.45, 2.75) is 18.5 Å². The van der Waals surface area contributed by atoms with Gasteiger partial charge in [0.25, 0.3) is 11.8 Å². The van der Waals surface area contributed by atoms with E-state index in [1.165, 1.54) is 0 Å². The van der Waals surface area contributed by atoms with Crippen molar-refractivity contribution >= 4 is 29.1 Å². The lowest BCUT2D eigenvalue weighted by atomic mass is 9.92. The Morgan fingerprint density at radius 3 is 2.34 bits per heavy atom. The molecule has 1 fully saturated rings. The minimum atomic E-state index is -0.613. The predicted octanol–water partition coefficient (Wildman–Crippen LogP) is 3.15. The molecule has 0 atom stereocenters. The standard InChI is InChI=1S/C21H22ClN3O4/c1-28-14-10-13(11-15(12-14)29-2)20(27)25-8-6-21(7-9-25)23-18-16(19(26)24-21)4-3-5-17(18)22/h3-5,10-12,23H,6-9H2,1-2H3,(H,24,26). The van der Waals surface area contributed by atoms with Gasteiger partial charge in [0.1, 0.15) is 17.2 Å². The van der Waals surface area contributed by atoms with Crippen LogP contribution in [-0.2, 0) is 0 Å². The topological polar surface area (TPSA) is 79.9 Å². The van der Waals surface area contributed by atoms with Crippen LogP contribution in [0.1, 0.15) is 33.6 Å². The van der Waals surface area contributed by atoms with Gasteiger partial charge in [0.15, 0.2) is 0 Å². The van der Waals surface area contributed by atoms with E-state index in [1.807, 2.05) is 0 Å². The highest BCUT2D eigenvalue weighted by molar-refractivity contribution is 6.34. The number of ether oxygens (including phenoxy) is 2. The maximum Gasteiger partial charge on any atom is 0.255 e. The predicted molar refractivity (Wildman–Crippen MR) is 110 cm³/mol. The fourth-order valence-electron chi connectivity index (χ4n) is 3.85. The van der Waals surface area contributed by atoms with Crippen molar-refractivity contribution < 1.29 is 19.1 Å². The minimum absolute atomic E-state index is 0.0994. The highest BCUT2D eigenvalue weighted by atomic mass is 35.5. The Balaban J connectivity index is 1.51. The fourth-order valence-corrected chi connectivity index (χ4v) is 4.07. The van der Waals surface area contributed by atoms with E-state index in [4.69, 9.17) is 21.1 Å². The second-order valence-corrected chi connectivity index (χ2v) is 7.62. The van der Waals surface area contributed by atoms with E-state index < -0.39 is 5.66 Å². The molecule has 2 N–H and O–H groups in total. The first-order chi connectivity index (χ1) is 13.9. The number of para-hydroxylation sites is 1. The first-order valence-corrected chi connectivity index (χ1v) is 9.74. The molecule has 0 unspecified atom stereocenters. The quantitative estimate of drug-likeness (QED) is 0.805. The van der Waals surface area contributed by atoms with E-state index in [-0.39, 0.29) is 11.8 Å². The Morgan fingerprint density at radius 1 is 1.07 bits per heavy atom. The second kappa shape index (κ2) is 7.48. The Bertz CT molecular complexity index is 948. The van der Waals surface area contributed by atoms with Gasteiger partial charge in [-0.15, -0.1) is 0 Å². The average molecular weight is 416 g/mol. The molecule has 29 heavy (non-hydrogen) atoms. The molecule has 152 valence electrons. The first kappa shape index (κ1) is 19.4. The summed E-state index contributed by atoms with van der Waals surface area (Å²) in [5, 5.41) is 6.98. The number of piperidine rings is 1. The Labute approximate surface area is 173 Å².